The Kier molecular flexibility index (Phi) is 8.20. The predicted octanol–water partition coefficient (Wildman–Crippen LogP) is 6.78. The largest absolute Gasteiger partial charge is 0.480 e. The molecule has 10 heteroatoms. The van der Waals surface area contributed by atoms with E-state index in [1.165, 1.54) is 23.9 Å². The molecule has 0 saturated heterocycles. The number of nitrogens with one attached hydrogen (secondary N) is 1. The van der Waals surface area contributed by atoms with Crippen molar-refractivity contribution in [1.29, 1.82) is 0 Å². The minimum Gasteiger partial charge on any atom is -0.480 e. The number of pyridine rings is 2. The maximum atomic E-state index is 14.7. The smallest absolute Gasteiger partial charge is 0.417 e. The van der Waals surface area contributed by atoms with Crippen LogP contribution in [0, 0.1) is 0 Å². The summed E-state index contributed by atoms with van der Waals surface area (Å²) in [7, 11) is 1.51. The van der Waals surface area contributed by atoms with Crippen LogP contribution in [0.3, 0.4) is 0 Å². The van der Waals surface area contributed by atoms with Gasteiger partial charge in [0.05, 0.1) is 16.7 Å². The number of carboxylic acid groups (broad SMARTS) is 1. The summed E-state index contributed by atoms with van der Waals surface area (Å²) in [5.41, 5.74) is 0.534. The maximum Gasteiger partial charge on any atom is 0.417 e. The Balaban J connectivity index is 1.37. The topological polar surface area (TPSA) is 88.6 Å². The molecule has 1 aliphatic rings. The van der Waals surface area contributed by atoms with Crippen LogP contribution in [0.2, 0.25) is 0 Å². The minimum atomic E-state index is -4.76. The van der Waals surface area contributed by atoms with Crippen molar-refractivity contribution >= 4 is 11.6 Å². The second-order valence-electron chi connectivity index (χ2n) is 12.3. The van der Waals surface area contributed by atoms with Gasteiger partial charge < -0.3 is 14.1 Å². The number of fused-ring (bicyclic) bond motifs is 2. The van der Waals surface area contributed by atoms with Crippen LogP contribution in [-0.2, 0) is 42.8 Å². The Morgan fingerprint density at radius 3 is 1.98 bits per heavy atom. The van der Waals surface area contributed by atoms with Gasteiger partial charge in [0.2, 0.25) is 0 Å². The van der Waals surface area contributed by atoms with E-state index in [9.17, 15) is 27.9 Å². The number of imidazole rings is 1. The Labute approximate surface area is 280 Å². The summed E-state index contributed by atoms with van der Waals surface area (Å²) in [6.45, 7) is 0. The van der Waals surface area contributed by atoms with Gasteiger partial charge in [-0.25, -0.2) is 4.98 Å². The minimum absolute atomic E-state index is 0.0448. The van der Waals surface area contributed by atoms with Crippen molar-refractivity contribution in [2.75, 3.05) is 0 Å². The van der Waals surface area contributed by atoms with Gasteiger partial charge in [-0.15, -0.1) is 0 Å². The van der Waals surface area contributed by atoms with Gasteiger partial charge in [-0.3, -0.25) is 14.9 Å². The first-order chi connectivity index (χ1) is 23.6. The van der Waals surface area contributed by atoms with Crippen LogP contribution in [0.25, 0.3) is 16.8 Å². The third-order valence-electron chi connectivity index (χ3n) is 9.57. The highest BCUT2D eigenvalue weighted by atomic mass is 19.4. The number of carboxylic acids is 1. The van der Waals surface area contributed by atoms with E-state index in [4.69, 9.17) is 0 Å². The van der Waals surface area contributed by atoms with Gasteiger partial charge in [0.15, 0.2) is 0 Å². The summed E-state index contributed by atoms with van der Waals surface area (Å²) in [6, 6.07) is 30.7. The van der Waals surface area contributed by atoms with Gasteiger partial charge in [0, 0.05) is 42.8 Å². The zero-order chi connectivity index (χ0) is 34.3. The molecule has 1 atom stereocenters. The number of hydrogen-bond donors (Lipinski definition) is 2. The number of halogens is 3. The van der Waals surface area contributed by atoms with Crippen LogP contribution in [0.1, 0.15) is 45.6 Å². The predicted molar refractivity (Wildman–Crippen MR) is 180 cm³/mol. The van der Waals surface area contributed by atoms with Crippen LogP contribution in [0.5, 0.6) is 0 Å². The fourth-order valence-corrected chi connectivity index (χ4v) is 7.39. The number of benzene rings is 3. The van der Waals surface area contributed by atoms with Gasteiger partial charge in [-0.1, -0.05) is 91.0 Å². The molecular weight excluding hydrogens is 629 g/mol. The first-order valence-corrected chi connectivity index (χ1v) is 16.1. The van der Waals surface area contributed by atoms with Crippen LogP contribution in [0.4, 0.5) is 13.2 Å². The molecule has 0 aliphatic heterocycles. The number of hydrogen-bond acceptors (Lipinski definition) is 4. The number of rotatable bonds is 9. The second kappa shape index (κ2) is 12.5. The molecule has 6 aromatic rings. The van der Waals surface area contributed by atoms with E-state index in [2.05, 4.69) is 10.3 Å². The molecule has 7 rings (SSSR count). The summed E-state index contributed by atoms with van der Waals surface area (Å²) >= 11 is 0. The first-order valence-electron chi connectivity index (χ1n) is 16.1. The molecule has 7 nitrogen and oxygen atoms in total. The number of aromatic nitrogens is 3. The van der Waals surface area contributed by atoms with E-state index in [1.54, 1.807) is 16.7 Å². The first kappa shape index (κ1) is 32.1. The molecule has 1 aliphatic carbocycles. The normalized spacial score (nSPS) is 13.8. The van der Waals surface area contributed by atoms with Crippen molar-refractivity contribution < 1.29 is 23.1 Å². The van der Waals surface area contributed by atoms with Gasteiger partial charge in [0.1, 0.15) is 11.7 Å². The van der Waals surface area contributed by atoms with Crippen molar-refractivity contribution in [3.05, 3.63) is 165 Å². The Hall–Kier alpha value is -5.48. The Morgan fingerprint density at radius 2 is 1.45 bits per heavy atom. The maximum absolute atomic E-state index is 14.7. The van der Waals surface area contributed by atoms with Crippen molar-refractivity contribution in [1.82, 2.24) is 19.3 Å². The highest BCUT2D eigenvalue weighted by Crippen LogP contribution is 2.43. The molecular formula is C39H33F3N4O3. The zero-order valence-corrected chi connectivity index (χ0v) is 26.6. The van der Waals surface area contributed by atoms with Crippen LogP contribution in [-0.4, -0.2) is 31.1 Å². The number of aliphatic carboxylic acids is 1. The van der Waals surface area contributed by atoms with Gasteiger partial charge in [-0.2, -0.15) is 13.2 Å². The Morgan fingerprint density at radius 1 is 0.878 bits per heavy atom. The van der Waals surface area contributed by atoms with E-state index < -0.39 is 40.4 Å². The third kappa shape index (κ3) is 5.51. The molecule has 0 bridgehead atoms. The lowest BCUT2D eigenvalue weighted by Crippen LogP contribution is -2.53. The average molecular weight is 663 g/mol. The van der Waals surface area contributed by atoms with E-state index in [0.717, 1.165) is 16.7 Å². The third-order valence-corrected chi connectivity index (χ3v) is 9.57. The molecule has 1 unspecified atom stereocenters. The van der Waals surface area contributed by atoms with Crippen molar-refractivity contribution in [2.45, 2.75) is 43.4 Å². The standard InChI is InChI=1S/C39H33F3N4O3/c1-45-32-19-11-18-29(32)34(39(40,41)42)33(36(45)47)30-21-20-28(46-23-22-43-35(30)46)24-31(37(48)49)44-38(25-12-5-2-6-13-25,26-14-7-3-8-15-26)27-16-9-4-10-17-27/h2-10,12-17,20-23,31,44H,11,18-19,24H2,1H3,(H,48,49). The molecule has 3 aromatic heterocycles. The lowest BCUT2D eigenvalue weighted by atomic mass is 9.76. The molecule has 0 saturated carbocycles. The highest BCUT2D eigenvalue weighted by Gasteiger charge is 2.42. The van der Waals surface area contributed by atoms with Crippen LogP contribution < -0.4 is 10.9 Å². The lowest BCUT2D eigenvalue weighted by molar-refractivity contribution is -0.140. The molecule has 0 spiro atoms. The monoisotopic (exact) mass is 662 g/mol. The quantitative estimate of drug-likeness (QED) is 0.167. The zero-order valence-electron chi connectivity index (χ0n) is 26.6. The molecule has 3 aromatic carbocycles. The second-order valence-corrected chi connectivity index (χ2v) is 12.3. The van der Waals surface area contributed by atoms with E-state index in [0.29, 0.717) is 24.2 Å². The van der Waals surface area contributed by atoms with E-state index >= 15 is 0 Å². The molecule has 248 valence electrons. The fraction of sp³-hybridized carbons (Fsp3) is 0.205. The highest BCUT2D eigenvalue weighted by molar-refractivity contribution is 5.81. The molecule has 3 heterocycles. The molecule has 0 radical (unpaired) electrons. The lowest BCUT2D eigenvalue weighted by Gasteiger charge is -2.39. The summed E-state index contributed by atoms with van der Waals surface area (Å²) < 4.78 is 47.0. The number of alkyl halides is 3. The van der Waals surface area contributed by atoms with Gasteiger partial charge in [0.25, 0.3) is 5.56 Å². The SMILES string of the molecule is Cn1c2c(c(C(F)(F)F)c(-c3ccc(CC(NC(c4ccccc4)(c4ccccc4)c4ccccc4)C(=O)O)n4ccnc34)c1=O)CCC2. The van der Waals surface area contributed by atoms with Crippen LogP contribution >= 0.6 is 0 Å². The Bertz CT molecular complexity index is 2120. The molecule has 0 fully saturated rings. The van der Waals surface area contributed by atoms with E-state index in [-0.39, 0.29) is 29.6 Å². The molecule has 0 amide bonds. The number of carbonyl (C=O) groups is 1. The van der Waals surface area contributed by atoms with Gasteiger partial charge >= 0.3 is 12.1 Å². The van der Waals surface area contributed by atoms with Crippen molar-refractivity contribution in [3.8, 4) is 11.1 Å². The van der Waals surface area contributed by atoms with Crippen molar-refractivity contribution in [2.24, 2.45) is 7.05 Å². The van der Waals surface area contributed by atoms with Gasteiger partial charge in [-0.05, 0) is 53.6 Å². The van der Waals surface area contributed by atoms with Crippen LogP contribution in [0.15, 0.2) is 120 Å². The summed E-state index contributed by atoms with van der Waals surface area (Å²) in [5.74, 6) is -1.11. The van der Waals surface area contributed by atoms with Crippen molar-refractivity contribution in [3.63, 3.8) is 0 Å². The van der Waals surface area contributed by atoms with E-state index in [1.807, 2.05) is 91.0 Å². The summed E-state index contributed by atoms with van der Waals surface area (Å²) in [5, 5.41) is 14.2. The summed E-state index contributed by atoms with van der Waals surface area (Å²) in [6.07, 6.45) is -0.616. The average Bonchev–Trinajstić information content (AvgIpc) is 3.80. The summed E-state index contributed by atoms with van der Waals surface area (Å²) in [4.78, 5) is 31.1. The molecule has 49 heavy (non-hydrogen) atoms. The fourth-order valence-electron chi connectivity index (χ4n) is 7.39. The molecule has 2 N–H and O–H groups in total. The number of nitrogens with zero attached hydrogens (tertiary/aromatic N) is 3.